The summed E-state index contributed by atoms with van der Waals surface area (Å²) in [6, 6.07) is 9.86. The molecule has 0 bridgehead atoms. The van der Waals surface area contributed by atoms with Crippen molar-refractivity contribution in [1.82, 2.24) is 19.9 Å². The lowest BCUT2D eigenvalue weighted by atomic mass is 10.2. The highest BCUT2D eigenvalue weighted by Gasteiger charge is 2.15. The second-order valence-electron chi connectivity index (χ2n) is 6.24. The van der Waals surface area contributed by atoms with Crippen molar-refractivity contribution in [3.63, 3.8) is 0 Å². The van der Waals surface area contributed by atoms with Crippen LogP contribution >= 0.6 is 22.7 Å². The number of primary amides is 1. The first-order valence-electron chi connectivity index (χ1n) is 8.87. The highest BCUT2D eigenvalue weighted by Crippen LogP contribution is 2.24. The van der Waals surface area contributed by atoms with Gasteiger partial charge in [-0.15, -0.1) is 27.8 Å². The molecule has 0 unspecified atom stereocenters. The molecule has 3 amide bonds. The zero-order valence-electron chi connectivity index (χ0n) is 15.5. The molecule has 0 aliphatic heterocycles. The van der Waals surface area contributed by atoms with Crippen molar-refractivity contribution >= 4 is 51.0 Å². The van der Waals surface area contributed by atoms with Crippen molar-refractivity contribution in [2.75, 3.05) is 11.9 Å². The van der Waals surface area contributed by atoms with Crippen molar-refractivity contribution in [2.24, 2.45) is 5.73 Å². The molecular formula is C19H16N6O3S2. The van der Waals surface area contributed by atoms with E-state index in [9.17, 15) is 14.4 Å². The topological polar surface area (TPSA) is 131 Å². The molecule has 4 rings (SSSR count). The summed E-state index contributed by atoms with van der Waals surface area (Å²) in [5, 5.41) is 13.5. The molecule has 3 aromatic heterocycles. The predicted octanol–water partition coefficient (Wildman–Crippen LogP) is 1.92. The van der Waals surface area contributed by atoms with Gasteiger partial charge in [-0.25, -0.2) is 4.52 Å². The summed E-state index contributed by atoms with van der Waals surface area (Å²) in [5.74, 6) is -1.44. The van der Waals surface area contributed by atoms with Crippen LogP contribution in [0.4, 0.5) is 5.69 Å². The Morgan fingerprint density at radius 1 is 1.07 bits per heavy atom. The van der Waals surface area contributed by atoms with Crippen molar-refractivity contribution in [3.05, 3.63) is 58.4 Å². The van der Waals surface area contributed by atoms with E-state index >= 15 is 0 Å². The molecule has 0 radical (unpaired) electrons. The molecule has 152 valence electrons. The van der Waals surface area contributed by atoms with Crippen LogP contribution in [-0.2, 0) is 16.0 Å². The number of fused-ring (bicyclic) bond motifs is 1. The number of nitrogens with two attached hydrogens (primary N) is 1. The fourth-order valence-corrected chi connectivity index (χ4v) is 4.21. The molecule has 4 N–H and O–H groups in total. The van der Waals surface area contributed by atoms with Gasteiger partial charge in [-0.1, -0.05) is 6.07 Å². The van der Waals surface area contributed by atoms with E-state index in [2.05, 4.69) is 20.7 Å². The summed E-state index contributed by atoms with van der Waals surface area (Å²) in [5.41, 5.74) is 6.77. The summed E-state index contributed by atoms with van der Waals surface area (Å²) < 4.78 is 1.76. The molecule has 3 heterocycles. The molecule has 0 saturated carbocycles. The molecule has 0 spiro atoms. The highest BCUT2D eigenvalue weighted by atomic mass is 32.1. The first kappa shape index (κ1) is 19.7. The van der Waals surface area contributed by atoms with Gasteiger partial charge < -0.3 is 16.4 Å². The number of rotatable bonds is 6. The second kappa shape index (κ2) is 8.43. The summed E-state index contributed by atoms with van der Waals surface area (Å²) in [6.45, 7) is 0.271. The van der Waals surface area contributed by atoms with Crippen LogP contribution < -0.4 is 16.4 Å². The standard InChI is InChI=1S/C19H16N6O3S2/c20-15(26)11-3-5-12(6-4-11)22-18(28)17(27)21-8-7-13-10-30-19-23-16(24-25(13)19)14-2-1-9-29-14/h1-6,9-10H,7-8H2,(H2,20,26)(H,21,27)(H,22,28). The first-order chi connectivity index (χ1) is 14.5. The van der Waals surface area contributed by atoms with E-state index < -0.39 is 17.7 Å². The third kappa shape index (κ3) is 4.21. The molecular weight excluding hydrogens is 424 g/mol. The molecule has 1 aromatic carbocycles. The van der Waals surface area contributed by atoms with E-state index in [4.69, 9.17) is 5.73 Å². The smallest absolute Gasteiger partial charge is 0.313 e. The van der Waals surface area contributed by atoms with E-state index in [0.717, 1.165) is 15.5 Å². The van der Waals surface area contributed by atoms with Crippen molar-refractivity contribution in [2.45, 2.75) is 6.42 Å². The third-order valence-corrected chi connectivity index (χ3v) is 5.92. The Morgan fingerprint density at radius 3 is 2.57 bits per heavy atom. The van der Waals surface area contributed by atoms with Crippen LogP contribution in [0, 0.1) is 0 Å². The number of hydrogen-bond acceptors (Lipinski definition) is 7. The van der Waals surface area contributed by atoms with Gasteiger partial charge >= 0.3 is 11.8 Å². The largest absolute Gasteiger partial charge is 0.366 e. The Kier molecular flexibility index (Phi) is 5.55. The summed E-state index contributed by atoms with van der Waals surface area (Å²) in [4.78, 5) is 41.4. The Morgan fingerprint density at radius 2 is 1.87 bits per heavy atom. The maximum atomic E-state index is 12.0. The molecule has 0 aliphatic carbocycles. The first-order valence-corrected chi connectivity index (χ1v) is 10.6. The van der Waals surface area contributed by atoms with Gasteiger partial charge in [-0.2, -0.15) is 4.98 Å². The Bertz CT molecular complexity index is 1210. The van der Waals surface area contributed by atoms with Crippen LogP contribution in [0.5, 0.6) is 0 Å². The van der Waals surface area contributed by atoms with Crippen LogP contribution in [0.3, 0.4) is 0 Å². The molecule has 11 heteroatoms. The van der Waals surface area contributed by atoms with Crippen LogP contribution in [0.1, 0.15) is 16.1 Å². The van der Waals surface area contributed by atoms with Crippen LogP contribution in [0.2, 0.25) is 0 Å². The molecule has 9 nitrogen and oxygen atoms in total. The van der Waals surface area contributed by atoms with Gasteiger partial charge in [0.1, 0.15) is 0 Å². The van der Waals surface area contributed by atoms with E-state index in [1.165, 1.54) is 35.6 Å². The van der Waals surface area contributed by atoms with E-state index in [-0.39, 0.29) is 6.54 Å². The SMILES string of the molecule is NC(=O)c1ccc(NC(=O)C(=O)NCCc2csc3nc(-c4cccs4)nn23)cc1. The number of benzene rings is 1. The number of amides is 3. The van der Waals surface area contributed by atoms with Crippen LogP contribution in [0.25, 0.3) is 15.7 Å². The van der Waals surface area contributed by atoms with Gasteiger partial charge in [0, 0.05) is 29.6 Å². The normalized spacial score (nSPS) is 10.8. The molecule has 4 aromatic rings. The van der Waals surface area contributed by atoms with Gasteiger partial charge in [0.25, 0.3) is 0 Å². The Balaban J connectivity index is 1.32. The Labute approximate surface area is 178 Å². The van der Waals surface area contributed by atoms with Crippen molar-refractivity contribution in [3.8, 4) is 10.7 Å². The lowest BCUT2D eigenvalue weighted by Crippen LogP contribution is -2.36. The minimum atomic E-state index is -0.793. The fraction of sp³-hybridized carbons (Fsp3) is 0.105. The van der Waals surface area contributed by atoms with Gasteiger partial charge in [0.15, 0.2) is 5.82 Å². The average molecular weight is 441 g/mol. The zero-order chi connectivity index (χ0) is 21.1. The monoisotopic (exact) mass is 440 g/mol. The number of thiophene rings is 1. The highest BCUT2D eigenvalue weighted by molar-refractivity contribution is 7.15. The molecule has 0 aliphatic rings. The fourth-order valence-electron chi connectivity index (χ4n) is 2.70. The molecule has 0 fully saturated rings. The molecule has 0 atom stereocenters. The quantitative estimate of drug-likeness (QED) is 0.394. The number of aromatic nitrogens is 3. The maximum Gasteiger partial charge on any atom is 0.313 e. The number of nitrogens with one attached hydrogen (secondary N) is 2. The van der Waals surface area contributed by atoms with Crippen LogP contribution in [0.15, 0.2) is 47.2 Å². The van der Waals surface area contributed by atoms with Crippen molar-refractivity contribution < 1.29 is 14.4 Å². The van der Waals surface area contributed by atoms with Gasteiger partial charge in [-0.05, 0) is 35.7 Å². The summed E-state index contributed by atoms with van der Waals surface area (Å²) >= 11 is 3.04. The number of carbonyl (C=O) groups excluding carboxylic acids is 3. The number of carbonyl (C=O) groups is 3. The second-order valence-corrected chi connectivity index (χ2v) is 8.02. The zero-order valence-corrected chi connectivity index (χ0v) is 17.1. The number of thiazole rings is 1. The van der Waals surface area contributed by atoms with Gasteiger partial charge in [0.2, 0.25) is 10.9 Å². The van der Waals surface area contributed by atoms with Crippen LogP contribution in [-0.4, -0.2) is 38.9 Å². The van der Waals surface area contributed by atoms with Gasteiger partial charge in [0.05, 0.1) is 10.6 Å². The lowest BCUT2D eigenvalue weighted by molar-refractivity contribution is -0.136. The maximum absolute atomic E-state index is 12.0. The minimum Gasteiger partial charge on any atom is -0.366 e. The van der Waals surface area contributed by atoms with Gasteiger partial charge in [-0.3, -0.25) is 14.4 Å². The number of hydrogen-bond donors (Lipinski definition) is 3. The Hall–Kier alpha value is -3.57. The third-order valence-electron chi connectivity index (χ3n) is 4.19. The molecule has 30 heavy (non-hydrogen) atoms. The summed E-state index contributed by atoms with van der Waals surface area (Å²) in [7, 11) is 0. The predicted molar refractivity (Wildman–Crippen MR) is 114 cm³/mol. The van der Waals surface area contributed by atoms with E-state index in [1.807, 2.05) is 22.9 Å². The number of anilines is 1. The van der Waals surface area contributed by atoms with Crippen molar-refractivity contribution in [1.29, 1.82) is 0 Å². The summed E-state index contributed by atoms with van der Waals surface area (Å²) in [6.07, 6.45) is 0.500. The average Bonchev–Trinajstić information content (AvgIpc) is 3.46. The van der Waals surface area contributed by atoms with E-state index in [0.29, 0.717) is 23.5 Å². The minimum absolute atomic E-state index is 0.271. The molecule has 0 saturated heterocycles. The lowest BCUT2D eigenvalue weighted by Gasteiger charge is -2.06. The number of nitrogens with zero attached hydrogens (tertiary/aromatic N) is 3. The van der Waals surface area contributed by atoms with E-state index in [1.54, 1.807) is 15.9 Å².